The van der Waals surface area contributed by atoms with E-state index in [1.165, 1.54) is 49.4 Å². The molecule has 2 heteroatoms. The molecular weight excluding hydrogens is 380 g/mol. The van der Waals surface area contributed by atoms with Crippen LogP contribution in [0.2, 0.25) is 0 Å². The number of hydrogen-bond donors (Lipinski definition) is 0. The van der Waals surface area contributed by atoms with Gasteiger partial charge in [0.05, 0.1) is 19.3 Å². The lowest BCUT2D eigenvalue weighted by Crippen LogP contribution is -2.09. The Labute approximate surface area is 183 Å². The SMILES string of the molecule is CCOC1Cc2cc(CCOCC3Cc4cccc5cccc3c45)cc3cccc1c23. The second-order valence-corrected chi connectivity index (χ2v) is 8.94. The van der Waals surface area contributed by atoms with Crippen LogP contribution in [-0.2, 0) is 28.7 Å². The van der Waals surface area contributed by atoms with E-state index in [1.807, 2.05) is 0 Å². The van der Waals surface area contributed by atoms with Crippen LogP contribution in [0.15, 0.2) is 66.7 Å². The Bertz CT molecular complexity index is 1270. The number of benzene rings is 4. The van der Waals surface area contributed by atoms with Crippen molar-refractivity contribution in [3.8, 4) is 0 Å². The third-order valence-electron chi connectivity index (χ3n) is 7.05. The van der Waals surface area contributed by atoms with E-state index < -0.39 is 0 Å². The molecule has 156 valence electrons. The maximum Gasteiger partial charge on any atom is 0.0871 e. The number of ether oxygens (including phenoxy) is 2. The molecule has 2 nitrogen and oxygen atoms in total. The summed E-state index contributed by atoms with van der Waals surface area (Å²) < 4.78 is 12.2. The molecule has 0 fully saturated rings. The number of rotatable bonds is 7. The average Bonchev–Trinajstić information content (AvgIpc) is 3.33. The fourth-order valence-corrected chi connectivity index (χ4v) is 5.75. The average molecular weight is 409 g/mol. The van der Waals surface area contributed by atoms with Crippen molar-refractivity contribution in [3.05, 3.63) is 94.5 Å². The Morgan fingerprint density at radius 3 is 2.45 bits per heavy atom. The Morgan fingerprint density at radius 2 is 1.58 bits per heavy atom. The van der Waals surface area contributed by atoms with Crippen LogP contribution >= 0.6 is 0 Å². The Hall–Kier alpha value is -2.68. The van der Waals surface area contributed by atoms with Gasteiger partial charge in [-0.25, -0.2) is 0 Å². The van der Waals surface area contributed by atoms with Crippen LogP contribution in [-0.4, -0.2) is 19.8 Å². The molecule has 0 amide bonds. The van der Waals surface area contributed by atoms with Gasteiger partial charge in [0.15, 0.2) is 0 Å². The zero-order chi connectivity index (χ0) is 20.8. The van der Waals surface area contributed by atoms with Crippen LogP contribution in [0.25, 0.3) is 21.5 Å². The van der Waals surface area contributed by atoms with Gasteiger partial charge >= 0.3 is 0 Å². The smallest absolute Gasteiger partial charge is 0.0871 e. The molecule has 2 unspecified atom stereocenters. The summed E-state index contributed by atoms with van der Waals surface area (Å²) in [7, 11) is 0. The Morgan fingerprint density at radius 1 is 0.806 bits per heavy atom. The summed E-state index contributed by atoms with van der Waals surface area (Å²) in [6, 6.07) is 24.7. The van der Waals surface area contributed by atoms with Crippen LogP contribution in [0.1, 0.15) is 46.8 Å². The predicted octanol–water partition coefficient (Wildman–Crippen LogP) is 6.53. The highest BCUT2D eigenvalue weighted by Crippen LogP contribution is 2.40. The maximum absolute atomic E-state index is 6.22. The topological polar surface area (TPSA) is 18.5 Å². The van der Waals surface area contributed by atoms with Crippen LogP contribution in [0.3, 0.4) is 0 Å². The largest absolute Gasteiger partial charge is 0.380 e. The van der Waals surface area contributed by atoms with E-state index in [4.69, 9.17) is 9.47 Å². The van der Waals surface area contributed by atoms with Crippen molar-refractivity contribution in [2.24, 2.45) is 0 Å². The van der Waals surface area contributed by atoms with Crippen molar-refractivity contribution >= 4 is 21.5 Å². The minimum Gasteiger partial charge on any atom is -0.380 e. The van der Waals surface area contributed by atoms with Crippen molar-refractivity contribution in [2.45, 2.75) is 38.2 Å². The van der Waals surface area contributed by atoms with Crippen molar-refractivity contribution in [3.63, 3.8) is 0 Å². The molecule has 0 aliphatic heterocycles. The van der Waals surface area contributed by atoms with Gasteiger partial charge in [0.2, 0.25) is 0 Å². The van der Waals surface area contributed by atoms with Gasteiger partial charge in [0.25, 0.3) is 0 Å². The lowest BCUT2D eigenvalue weighted by atomic mass is 10.00. The zero-order valence-electron chi connectivity index (χ0n) is 18.1. The van der Waals surface area contributed by atoms with Gasteiger partial charge in [-0.2, -0.15) is 0 Å². The second kappa shape index (κ2) is 7.78. The third kappa shape index (κ3) is 3.26. The van der Waals surface area contributed by atoms with E-state index in [1.54, 1.807) is 0 Å². The van der Waals surface area contributed by atoms with Crippen LogP contribution < -0.4 is 0 Å². The van der Waals surface area contributed by atoms with Crippen LogP contribution in [0.5, 0.6) is 0 Å². The summed E-state index contributed by atoms with van der Waals surface area (Å²) in [6.07, 6.45) is 3.25. The van der Waals surface area contributed by atoms with Crippen molar-refractivity contribution < 1.29 is 9.47 Å². The Balaban J connectivity index is 1.13. The standard InChI is InChI=1S/C29H28O2/c1-2-31-27-17-23-15-19(14-21-9-5-11-26(27)29(21)23)12-13-30-18-24-16-22-8-3-6-20-7-4-10-25(24)28(20)22/h3-11,14-15,24,27H,2,12-13,16-18H2,1H3. The molecule has 0 N–H and O–H groups in total. The van der Waals surface area contributed by atoms with Gasteiger partial charge in [0.1, 0.15) is 0 Å². The van der Waals surface area contributed by atoms with Gasteiger partial charge in [-0.05, 0) is 69.1 Å². The van der Waals surface area contributed by atoms with Crippen molar-refractivity contribution in [1.29, 1.82) is 0 Å². The minimum atomic E-state index is 0.210. The summed E-state index contributed by atoms with van der Waals surface area (Å²) in [5.74, 6) is 0.477. The molecule has 0 spiro atoms. The summed E-state index contributed by atoms with van der Waals surface area (Å²) >= 11 is 0. The highest BCUT2D eigenvalue weighted by molar-refractivity contribution is 5.92. The quantitative estimate of drug-likeness (QED) is 0.324. The highest BCUT2D eigenvalue weighted by atomic mass is 16.5. The van der Waals surface area contributed by atoms with E-state index in [0.717, 1.165) is 39.1 Å². The molecule has 4 aromatic carbocycles. The molecule has 0 radical (unpaired) electrons. The lowest BCUT2D eigenvalue weighted by molar-refractivity contribution is 0.0674. The first-order chi connectivity index (χ1) is 15.3. The third-order valence-corrected chi connectivity index (χ3v) is 7.05. The minimum absolute atomic E-state index is 0.210. The van der Waals surface area contributed by atoms with Gasteiger partial charge in [0, 0.05) is 18.9 Å². The molecule has 0 bridgehead atoms. The fourth-order valence-electron chi connectivity index (χ4n) is 5.75. The monoisotopic (exact) mass is 408 g/mol. The van der Waals surface area contributed by atoms with Gasteiger partial charge in [-0.1, -0.05) is 66.7 Å². The highest BCUT2D eigenvalue weighted by Gasteiger charge is 2.26. The molecule has 2 aliphatic carbocycles. The fraction of sp³-hybridized carbons (Fsp3) is 0.310. The summed E-state index contributed by atoms with van der Waals surface area (Å²) in [6.45, 7) is 4.40. The lowest BCUT2D eigenvalue weighted by Gasteiger charge is -2.13. The first-order valence-corrected chi connectivity index (χ1v) is 11.6. The summed E-state index contributed by atoms with van der Waals surface area (Å²) in [5, 5.41) is 5.56. The molecule has 2 aliphatic rings. The molecule has 0 heterocycles. The Kier molecular flexibility index (Phi) is 4.78. The van der Waals surface area contributed by atoms with Crippen molar-refractivity contribution in [2.75, 3.05) is 19.8 Å². The first-order valence-electron chi connectivity index (χ1n) is 11.6. The predicted molar refractivity (Wildman–Crippen MR) is 127 cm³/mol. The van der Waals surface area contributed by atoms with Gasteiger partial charge in [-0.3, -0.25) is 0 Å². The normalized spacial score (nSPS) is 19.0. The van der Waals surface area contributed by atoms with Crippen molar-refractivity contribution in [1.82, 2.24) is 0 Å². The number of hydrogen-bond acceptors (Lipinski definition) is 2. The molecule has 0 aromatic heterocycles. The molecule has 4 aromatic rings. The molecule has 6 rings (SSSR count). The van der Waals surface area contributed by atoms with E-state index >= 15 is 0 Å². The van der Waals surface area contributed by atoms with E-state index in [9.17, 15) is 0 Å². The van der Waals surface area contributed by atoms with E-state index in [0.29, 0.717) is 5.92 Å². The second-order valence-electron chi connectivity index (χ2n) is 8.94. The van der Waals surface area contributed by atoms with Crippen LogP contribution in [0.4, 0.5) is 0 Å². The summed E-state index contributed by atoms with van der Waals surface area (Å²) in [4.78, 5) is 0. The molecule has 0 saturated carbocycles. The molecule has 31 heavy (non-hydrogen) atoms. The molecule has 0 saturated heterocycles. The first kappa shape index (κ1) is 19.0. The van der Waals surface area contributed by atoms with Crippen LogP contribution in [0, 0.1) is 0 Å². The van der Waals surface area contributed by atoms with Gasteiger partial charge in [-0.15, -0.1) is 0 Å². The molecular formula is C29H28O2. The zero-order valence-corrected chi connectivity index (χ0v) is 18.1. The van der Waals surface area contributed by atoms with Gasteiger partial charge < -0.3 is 9.47 Å². The van der Waals surface area contributed by atoms with E-state index in [-0.39, 0.29) is 6.10 Å². The summed E-state index contributed by atoms with van der Waals surface area (Å²) in [5.41, 5.74) is 7.08. The maximum atomic E-state index is 6.22. The molecule has 2 atom stereocenters. The van der Waals surface area contributed by atoms with E-state index in [2.05, 4.69) is 73.7 Å².